The van der Waals surface area contributed by atoms with Gasteiger partial charge in [0.25, 0.3) is 10.0 Å². The minimum absolute atomic E-state index is 0.145. The fourth-order valence-corrected chi connectivity index (χ4v) is 3.68. The molecule has 0 saturated heterocycles. The van der Waals surface area contributed by atoms with Crippen molar-refractivity contribution in [2.45, 2.75) is 4.90 Å². The van der Waals surface area contributed by atoms with E-state index < -0.39 is 10.0 Å². The van der Waals surface area contributed by atoms with Gasteiger partial charge in [0.05, 0.1) is 10.6 Å². The standard InChI is InChI=1S/C19H15NO4S/c21-25(22,20-16-8-11-18-19(12-16)24-13-23-18)17-9-6-15(7-10-17)14-4-2-1-3-5-14/h1-12,20H,13H2. The molecule has 1 heterocycles. The zero-order valence-electron chi connectivity index (χ0n) is 13.2. The summed E-state index contributed by atoms with van der Waals surface area (Å²) in [4.78, 5) is 0.199. The smallest absolute Gasteiger partial charge is 0.261 e. The van der Waals surface area contributed by atoms with Gasteiger partial charge in [0.1, 0.15) is 0 Å². The number of anilines is 1. The predicted octanol–water partition coefficient (Wildman–Crippen LogP) is 3.88. The second-order valence-corrected chi connectivity index (χ2v) is 7.25. The van der Waals surface area contributed by atoms with Crippen LogP contribution in [0.1, 0.15) is 0 Å². The second-order valence-electron chi connectivity index (χ2n) is 5.56. The number of hydrogen-bond donors (Lipinski definition) is 1. The Morgan fingerprint density at radius 1 is 0.760 bits per heavy atom. The average Bonchev–Trinajstić information content (AvgIpc) is 3.10. The number of sulfonamides is 1. The topological polar surface area (TPSA) is 64.6 Å². The first-order valence-electron chi connectivity index (χ1n) is 7.70. The molecule has 1 aliphatic heterocycles. The maximum Gasteiger partial charge on any atom is 0.261 e. The first kappa shape index (κ1) is 15.5. The number of benzene rings is 3. The number of hydrogen-bond acceptors (Lipinski definition) is 4. The van der Waals surface area contributed by atoms with E-state index in [4.69, 9.17) is 9.47 Å². The van der Waals surface area contributed by atoms with Gasteiger partial charge in [0.15, 0.2) is 11.5 Å². The third-order valence-corrected chi connectivity index (χ3v) is 5.29. The number of fused-ring (bicyclic) bond motifs is 1. The average molecular weight is 353 g/mol. The summed E-state index contributed by atoms with van der Waals surface area (Å²) in [5, 5.41) is 0. The lowest BCUT2D eigenvalue weighted by Crippen LogP contribution is -2.12. The van der Waals surface area contributed by atoms with Crippen molar-refractivity contribution in [3.05, 3.63) is 72.8 Å². The third kappa shape index (κ3) is 3.16. The van der Waals surface area contributed by atoms with Gasteiger partial charge in [0, 0.05) is 6.07 Å². The van der Waals surface area contributed by atoms with Gasteiger partial charge < -0.3 is 9.47 Å². The summed E-state index contributed by atoms with van der Waals surface area (Å²) in [6.45, 7) is 0.145. The highest BCUT2D eigenvalue weighted by Crippen LogP contribution is 2.34. The van der Waals surface area contributed by atoms with Crippen LogP contribution in [0.2, 0.25) is 0 Å². The fourth-order valence-electron chi connectivity index (χ4n) is 2.63. The molecule has 0 amide bonds. The van der Waals surface area contributed by atoms with Gasteiger partial charge in [-0.05, 0) is 35.4 Å². The van der Waals surface area contributed by atoms with Crippen LogP contribution < -0.4 is 14.2 Å². The Kier molecular flexibility index (Phi) is 3.82. The molecule has 0 unspecified atom stereocenters. The van der Waals surface area contributed by atoms with Crippen molar-refractivity contribution in [2.75, 3.05) is 11.5 Å². The Hall–Kier alpha value is -2.99. The molecule has 4 rings (SSSR count). The van der Waals surface area contributed by atoms with Gasteiger partial charge in [-0.3, -0.25) is 4.72 Å². The summed E-state index contributed by atoms with van der Waals surface area (Å²) >= 11 is 0. The maximum absolute atomic E-state index is 12.6. The first-order chi connectivity index (χ1) is 12.1. The van der Waals surface area contributed by atoms with Gasteiger partial charge in [-0.1, -0.05) is 42.5 Å². The summed E-state index contributed by atoms with van der Waals surface area (Å²) in [5.74, 6) is 1.13. The Morgan fingerprint density at radius 2 is 1.44 bits per heavy atom. The van der Waals surface area contributed by atoms with E-state index >= 15 is 0 Å². The highest BCUT2D eigenvalue weighted by atomic mass is 32.2. The molecule has 0 radical (unpaired) electrons. The Balaban J connectivity index is 1.58. The normalized spacial score (nSPS) is 12.8. The molecule has 5 nitrogen and oxygen atoms in total. The molecule has 1 aliphatic rings. The first-order valence-corrected chi connectivity index (χ1v) is 9.18. The van der Waals surface area contributed by atoms with E-state index in [0.29, 0.717) is 17.2 Å². The molecule has 3 aromatic rings. The molecule has 0 bridgehead atoms. The molecule has 0 aliphatic carbocycles. The number of nitrogens with one attached hydrogen (secondary N) is 1. The van der Waals surface area contributed by atoms with Crippen LogP contribution in [0, 0.1) is 0 Å². The van der Waals surface area contributed by atoms with Crippen LogP contribution in [0.3, 0.4) is 0 Å². The highest BCUT2D eigenvalue weighted by Gasteiger charge is 2.18. The zero-order valence-corrected chi connectivity index (χ0v) is 14.0. The van der Waals surface area contributed by atoms with Crippen molar-refractivity contribution in [3.8, 4) is 22.6 Å². The molecule has 0 aromatic heterocycles. The largest absolute Gasteiger partial charge is 0.454 e. The van der Waals surface area contributed by atoms with Gasteiger partial charge in [-0.2, -0.15) is 0 Å². The summed E-state index contributed by atoms with van der Waals surface area (Å²) in [5.41, 5.74) is 2.43. The Labute approximate surface area is 145 Å². The molecular formula is C19H15NO4S. The third-order valence-electron chi connectivity index (χ3n) is 3.90. The molecule has 126 valence electrons. The summed E-state index contributed by atoms with van der Waals surface area (Å²) in [6, 6.07) is 21.5. The summed E-state index contributed by atoms with van der Waals surface area (Å²) in [6.07, 6.45) is 0. The second kappa shape index (κ2) is 6.14. The molecule has 0 fully saturated rings. The van der Waals surface area contributed by atoms with Crippen LogP contribution in [-0.2, 0) is 10.0 Å². The van der Waals surface area contributed by atoms with Crippen molar-refractivity contribution in [2.24, 2.45) is 0 Å². The minimum atomic E-state index is -3.68. The SMILES string of the molecule is O=S(=O)(Nc1ccc2c(c1)OCO2)c1ccc(-c2ccccc2)cc1. The van der Waals surface area contributed by atoms with E-state index in [9.17, 15) is 8.42 Å². The minimum Gasteiger partial charge on any atom is -0.454 e. The zero-order chi connectivity index (χ0) is 17.3. The lowest BCUT2D eigenvalue weighted by atomic mass is 10.1. The van der Waals surface area contributed by atoms with Crippen LogP contribution in [0.5, 0.6) is 11.5 Å². The van der Waals surface area contributed by atoms with Crippen molar-refractivity contribution in [3.63, 3.8) is 0 Å². The molecule has 1 N–H and O–H groups in total. The summed E-state index contributed by atoms with van der Waals surface area (Å²) < 4.78 is 38.2. The van der Waals surface area contributed by atoms with Gasteiger partial charge in [0.2, 0.25) is 6.79 Å². The van der Waals surface area contributed by atoms with Crippen LogP contribution in [0.4, 0.5) is 5.69 Å². The lowest BCUT2D eigenvalue weighted by Gasteiger charge is -2.09. The number of ether oxygens (including phenoxy) is 2. The lowest BCUT2D eigenvalue weighted by molar-refractivity contribution is 0.174. The van der Waals surface area contributed by atoms with Crippen LogP contribution >= 0.6 is 0 Å². The summed E-state index contributed by atoms with van der Waals surface area (Å²) in [7, 11) is -3.68. The molecule has 25 heavy (non-hydrogen) atoms. The number of rotatable bonds is 4. The molecular weight excluding hydrogens is 338 g/mol. The van der Waals surface area contributed by atoms with Gasteiger partial charge >= 0.3 is 0 Å². The van der Waals surface area contributed by atoms with Crippen molar-refractivity contribution >= 4 is 15.7 Å². The monoisotopic (exact) mass is 353 g/mol. The van der Waals surface area contributed by atoms with E-state index in [1.54, 1.807) is 42.5 Å². The van der Waals surface area contributed by atoms with Crippen LogP contribution in [0.25, 0.3) is 11.1 Å². The quantitative estimate of drug-likeness (QED) is 0.773. The Bertz CT molecular complexity index is 999. The Morgan fingerprint density at radius 3 is 2.20 bits per heavy atom. The van der Waals surface area contributed by atoms with Crippen LogP contribution in [0.15, 0.2) is 77.7 Å². The molecule has 0 atom stereocenters. The van der Waals surface area contributed by atoms with Crippen molar-refractivity contribution in [1.29, 1.82) is 0 Å². The van der Waals surface area contributed by atoms with Crippen molar-refractivity contribution < 1.29 is 17.9 Å². The highest BCUT2D eigenvalue weighted by molar-refractivity contribution is 7.92. The van der Waals surface area contributed by atoms with Crippen LogP contribution in [-0.4, -0.2) is 15.2 Å². The van der Waals surface area contributed by atoms with Crippen molar-refractivity contribution in [1.82, 2.24) is 0 Å². The fraction of sp³-hybridized carbons (Fsp3) is 0.0526. The van der Waals surface area contributed by atoms with E-state index in [-0.39, 0.29) is 11.7 Å². The van der Waals surface area contributed by atoms with E-state index in [0.717, 1.165) is 11.1 Å². The van der Waals surface area contributed by atoms with Gasteiger partial charge in [-0.15, -0.1) is 0 Å². The molecule has 0 saturated carbocycles. The van der Waals surface area contributed by atoms with E-state index in [2.05, 4.69) is 4.72 Å². The van der Waals surface area contributed by atoms with E-state index in [1.807, 2.05) is 30.3 Å². The molecule has 0 spiro atoms. The van der Waals surface area contributed by atoms with Gasteiger partial charge in [-0.25, -0.2) is 8.42 Å². The maximum atomic E-state index is 12.6. The molecule has 6 heteroatoms. The molecule has 3 aromatic carbocycles. The predicted molar refractivity (Wildman–Crippen MR) is 95.3 cm³/mol. The van der Waals surface area contributed by atoms with E-state index in [1.165, 1.54) is 0 Å².